The van der Waals surface area contributed by atoms with Gasteiger partial charge in [-0.1, -0.05) is 12.5 Å². The first-order valence-electron chi connectivity index (χ1n) is 11.0. The van der Waals surface area contributed by atoms with E-state index in [1.807, 2.05) is 12.3 Å². The highest BCUT2D eigenvalue weighted by molar-refractivity contribution is 14.0. The first kappa shape index (κ1) is 25.1. The maximum atomic E-state index is 6.01. The molecule has 0 amide bonds. The van der Waals surface area contributed by atoms with Crippen molar-refractivity contribution < 1.29 is 9.47 Å². The normalized spacial score (nSPS) is 19.1. The topological polar surface area (TPSA) is 71.0 Å². The van der Waals surface area contributed by atoms with Gasteiger partial charge in [0, 0.05) is 51.0 Å². The number of halogens is 1. The highest BCUT2D eigenvalue weighted by atomic mass is 127. The summed E-state index contributed by atoms with van der Waals surface area (Å²) in [6.45, 7) is 9.58. The average Bonchev–Trinajstić information content (AvgIpc) is 2.76. The monoisotopic (exact) mass is 531 g/mol. The second-order valence-electron chi connectivity index (χ2n) is 8.57. The third-order valence-corrected chi connectivity index (χ3v) is 5.88. The summed E-state index contributed by atoms with van der Waals surface area (Å²) in [5.74, 6) is 1.53. The third kappa shape index (κ3) is 7.85. The number of nitrogens with zero attached hydrogens (tertiary/aromatic N) is 3. The number of guanidine groups is 1. The van der Waals surface area contributed by atoms with Crippen LogP contribution in [0.3, 0.4) is 0 Å². The van der Waals surface area contributed by atoms with E-state index in [-0.39, 0.29) is 29.5 Å². The number of rotatable bonds is 7. The van der Waals surface area contributed by atoms with Crippen LogP contribution in [0.2, 0.25) is 0 Å². The van der Waals surface area contributed by atoms with E-state index in [1.165, 1.54) is 19.3 Å². The number of hydrogen-bond donors (Lipinski definition) is 2. The van der Waals surface area contributed by atoms with Gasteiger partial charge in [0.1, 0.15) is 6.10 Å². The summed E-state index contributed by atoms with van der Waals surface area (Å²) >= 11 is 0. The molecular formula is C22H38IN5O2. The predicted molar refractivity (Wildman–Crippen MR) is 132 cm³/mol. The van der Waals surface area contributed by atoms with Crippen molar-refractivity contribution in [1.29, 1.82) is 0 Å². The standard InChI is InChI=1S/C22H37N5O2.HI/c1-22(2,27-11-13-28-14-12-27)17-26-21(23-3)25-16-18-9-10-20(24-15-18)29-19-7-5-4-6-8-19;/h9-10,15,19H,4-8,11-14,16-17H2,1-3H3,(H2,23,25,26);1H. The number of aliphatic imine (C=N–C) groups is 1. The van der Waals surface area contributed by atoms with E-state index in [1.54, 1.807) is 7.05 Å². The lowest BCUT2D eigenvalue weighted by Crippen LogP contribution is -2.56. The van der Waals surface area contributed by atoms with Crippen molar-refractivity contribution in [3.63, 3.8) is 0 Å². The summed E-state index contributed by atoms with van der Waals surface area (Å²) in [6.07, 6.45) is 8.37. The summed E-state index contributed by atoms with van der Waals surface area (Å²) in [4.78, 5) is 11.3. The summed E-state index contributed by atoms with van der Waals surface area (Å²) in [5, 5.41) is 6.83. The Labute approximate surface area is 198 Å². The van der Waals surface area contributed by atoms with Gasteiger partial charge in [-0.25, -0.2) is 4.98 Å². The van der Waals surface area contributed by atoms with Crippen LogP contribution in [0.15, 0.2) is 23.3 Å². The van der Waals surface area contributed by atoms with Crippen molar-refractivity contribution in [2.24, 2.45) is 4.99 Å². The molecule has 30 heavy (non-hydrogen) atoms. The Morgan fingerprint density at radius 2 is 1.93 bits per heavy atom. The van der Waals surface area contributed by atoms with E-state index < -0.39 is 0 Å². The van der Waals surface area contributed by atoms with Crippen molar-refractivity contribution in [2.75, 3.05) is 39.9 Å². The largest absolute Gasteiger partial charge is 0.474 e. The minimum Gasteiger partial charge on any atom is -0.474 e. The maximum Gasteiger partial charge on any atom is 0.213 e. The quantitative estimate of drug-likeness (QED) is 0.320. The van der Waals surface area contributed by atoms with E-state index in [4.69, 9.17) is 9.47 Å². The lowest BCUT2D eigenvalue weighted by atomic mass is 9.98. The lowest BCUT2D eigenvalue weighted by Gasteiger charge is -2.41. The lowest BCUT2D eigenvalue weighted by molar-refractivity contribution is -0.00834. The summed E-state index contributed by atoms with van der Waals surface area (Å²) in [6, 6.07) is 4.05. The molecule has 2 fully saturated rings. The number of hydrogen-bond acceptors (Lipinski definition) is 5. The molecule has 0 bridgehead atoms. The zero-order valence-electron chi connectivity index (χ0n) is 18.7. The molecule has 8 heteroatoms. The number of pyridine rings is 1. The van der Waals surface area contributed by atoms with Crippen molar-refractivity contribution in [3.8, 4) is 5.88 Å². The van der Waals surface area contributed by atoms with Crippen molar-refractivity contribution in [2.45, 2.75) is 64.1 Å². The van der Waals surface area contributed by atoms with E-state index in [9.17, 15) is 0 Å². The Hall–Kier alpha value is -1.13. The van der Waals surface area contributed by atoms with Crippen LogP contribution in [-0.4, -0.2) is 67.4 Å². The second-order valence-corrected chi connectivity index (χ2v) is 8.57. The number of morpholine rings is 1. The van der Waals surface area contributed by atoms with Gasteiger partial charge < -0.3 is 20.1 Å². The van der Waals surface area contributed by atoms with E-state index in [2.05, 4.69) is 45.4 Å². The van der Waals surface area contributed by atoms with Gasteiger partial charge in [-0.05, 0) is 45.1 Å². The van der Waals surface area contributed by atoms with E-state index in [0.717, 1.165) is 63.1 Å². The van der Waals surface area contributed by atoms with Crippen LogP contribution in [0, 0.1) is 0 Å². The molecule has 0 unspecified atom stereocenters. The van der Waals surface area contributed by atoms with Gasteiger partial charge in [0.2, 0.25) is 5.88 Å². The van der Waals surface area contributed by atoms with Gasteiger partial charge in [0.25, 0.3) is 0 Å². The Morgan fingerprint density at radius 1 is 1.20 bits per heavy atom. The molecule has 1 saturated carbocycles. The second kappa shape index (κ2) is 12.7. The van der Waals surface area contributed by atoms with Crippen LogP contribution in [0.5, 0.6) is 5.88 Å². The van der Waals surface area contributed by atoms with Gasteiger partial charge in [-0.3, -0.25) is 9.89 Å². The van der Waals surface area contributed by atoms with Crippen molar-refractivity contribution in [3.05, 3.63) is 23.9 Å². The fraction of sp³-hybridized carbons (Fsp3) is 0.727. The maximum absolute atomic E-state index is 6.01. The molecule has 0 atom stereocenters. The van der Waals surface area contributed by atoms with Gasteiger partial charge in [0.15, 0.2) is 5.96 Å². The van der Waals surface area contributed by atoms with E-state index in [0.29, 0.717) is 12.6 Å². The first-order chi connectivity index (χ1) is 14.1. The number of aromatic nitrogens is 1. The molecule has 0 radical (unpaired) electrons. The van der Waals surface area contributed by atoms with Crippen molar-refractivity contribution in [1.82, 2.24) is 20.5 Å². The Balaban J connectivity index is 0.00000320. The van der Waals surface area contributed by atoms with Crippen LogP contribution in [-0.2, 0) is 11.3 Å². The molecular weight excluding hydrogens is 493 g/mol. The Bertz CT molecular complexity index is 641. The molecule has 1 saturated heterocycles. The molecule has 1 aliphatic carbocycles. The first-order valence-corrected chi connectivity index (χ1v) is 11.0. The van der Waals surface area contributed by atoms with Crippen molar-refractivity contribution >= 4 is 29.9 Å². The zero-order chi connectivity index (χ0) is 20.5. The fourth-order valence-corrected chi connectivity index (χ4v) is 3.93. The highest BCUT2D eigenvalue weighted by Gasteiger charge is 2.28. The van der Waals surface area contributed by atoms with Gasteiger partial charge in [-0.2, -0.15) is 0 Å². The molecule has 0 aromatic carbocycles. The van der Waals surface area contributed by atoms with E-state index >= 15 is 0 Å². The van der Waals surface area contributed by atoms with Gasteiger partial charge in [0.05, 0.1) is 13.2 Å². The zero-order valence-corrected chi connectivity index (χ0v) is 21.0. The molecule has 1 aliphatic heterocycles. The Kier molecular flexibility index (Phi) is 10.6. The van der Waals surface area contributed by atoms with Crippen LogP contribution in [0.25, 0.3) is 0 Å². The summed E-state index contributed by atoms with van der Waals surface area (Å²) in [7, 11) is 1.80. The molecule has 2 aliphatic rings. The minimum absolute atomic E-state index is 0. The molecule has 2 N–H and O–H groups in total. The molecule has 3 rings (SSSR count). The molecule has 1 aromatic rings. The number of nitrogens with one attached hydrogen (secondary N) is 2. The predicted octanol–water partition coefficient (Wildman–Crippen LogP) is 3.19. The summed E-state index contributed by atoms with van der Waals surface area (Å²) in [5.41, 5.74) is 1.15. The van der Waals surface area contributed by atoms with Crippen LogP contribution < -0.4 is 15.4 Å². The molecule has 0 spiro atoms. The highest BCUT2D eigenvalue weighted by Crippen LogP contribution is 2.22. The molecule has 2 heterocycles. The van der Waals surface area contributed by atoms with Crippen LogP contribution in [0.4, 0.5) is 0 Å². The Morgan fingerprint density at radius 3 is 2.57 bits per heavy atom. The minimum atomic E-state index is 0. The molecule has 170 valence electrons. The molecule has 1 aromatic heterocycles. The fourth-order valence-electron chi connectivity index (χ4n) is 3.93. The van der Waals surface area contributed by atoms with Gasteiger partial charge >= 0.3 is 0 Å². The van der Waals surface area contributed by atoms with Crippen LogP contribution in [0.1, 0.15) is 51.5 Å². The van der Waals surface area contributed by atoms with Crippen LogP contribution >= 0.6 is 24.0 Å². The number of ether oxygens (including phenoxy) is 2. The molecule has 7 nitrogen and oxygen atoms in total. The average molecular weight is 531 g/mol. The third-order valence-electron chi connectivity index (χ3n) is 5.88. The summed E-state index contributed by atoms with van der Waals surface area (Å²) < 4.78 is 11.5. The van der Waals surface area contributed by atoms with Gasteiger partial charge in [-0.15, -0.1) is 24.0 Å². The SMILES string of the molecule is CN=C(NCc1ccc(OC2CCCCC2)nc1)NCC(C)(C)N1CCOCC1.I. The smallest absolute Gasteiger partial charge is 0.213 e.